The molecule has 0 radical (unpaired) electrons. The van der Waals surface area contributed by atoms with Crippen LogP contribution in [0.4, 0.5) is 5.69 Å². The summed E-state index contributed by atoms with van der Waals surface area (Å²) in [5.74, 6) is -1.08. The Morgan fingerprint density at radius 3 is 2.79 bits per heavy atom. The summed E-state index contributed by atoms with van der Waals surface area (Å²) in [5, 5.41) is 2.73. The average Bonchev–Trinajstić information content (AvgIpc) is 2.57. The van der Waals surface area contributed by atoms with Crippen molar-refractivity contribution in [3.63, 3.8) is 0 Å². The second kappa shape index (κ2) is 8.42. The number of nitrogens with zero attached hydrogens (tertiary/aromatic N) is 1. The highest BCUT2D eigenvalue weighted by atomic mass is 35.5. The maximum Gasteiger partial charge on any atom is 0.338 e. The summed E-state index contributed by atoms with van der Waals surface area (Å²) in [6.07, 6.45) is 0.522. The molecule has 0 bridgehead atoms. The van der Waals surface area contributed by atoms with Gasteiger partial charge in [-0.05, 0) is 36.8 Å². The van der Waals surface area contributed by atoms with E-state index in [4.69, 9.17) is 21.1 Å². The van der Waals surface area contributed by atoms with E-state index in [0.29, 0.717) is 17.9 Å². The molecule has 0 aliphatic carbocycles. The Hall–Kier alpha value is -2.44. The third-order valence-electron chi connectivity index (χ3n) is 3.14. The fraction of sp³-hybridized carbons (Fsp3) is 0.235. The van der Waals surface area contributed by atoms with Crippen LogP contribution < -0.4 is 5.32 Å². The van der Waals surface area contributed by atoms with E-state index in [1.807, 2.05) is 6.07 Å². The van der Waals surface area contributed by atoms with E-state index < -0.39 is 18.0 Å². The van der Waals surface area contributed by atoms with Gasteiger partial charge >= 0.3 is 5.97 Å². The maximum atomic E-state index is 12.2. The van der Waals surface area contributed by atoms with Gasteiger partial charge in [0, 0.05) is 13.3 Å². The van der Waals surface area contributed by atoms with Crippen molar-refractivity contribution in [2.75, 3.05) is 12.4 Å². The Morgan fingerprint density at radius 1 is 1.29 bits per heavy atom. The van der Waals surface area contributed by atoms with Gasteiger partial charge in [-0.1, -0.05) is 23.7 Å². The summed E-state index contributed by atoms with van der Waals surface area (Å²) < 4.78 is 10.2. The number of anilines is 1. The zero-order valence-corrected chi connectivity index (χ0v) is 14.0. The Balaban J connectivity index is 1.99. The number of methoxy groups -OCH3 is 1. The maximum absolute atomic E-state index is 12.2. The lowest BCUT2D eigenvalue weighted by molar-refractivity contribution is -0.123. The quantitative estimate of drug-likeness (QED) is 0.641. The third-order valence-corrected chi connectivity index (χ3v) is 3.44. The number of hydrogen-bond acceptors (Lipinski definition) is 5. The first kappa shape index (κ1) is 17.9. The molecule has 0 aliphatic heterocycles. The van der Waals surface area contributed by atoms with Gasteiger partial charge in [0.25, 0.3) is 5.91 Å². The number of hydrogen-bond donors (Lipinski definition) is 1. The summed E-state index contributed by atoms with van der Waals surface area (Å²) in [7, 11) is 1.57. The molecule has 0 saturated carbocycles. The van der Waals surface area contributed by atoms with Crippen molar-refractivity contribution < 1.29 is 19.1 Å². The number of amides is 1. The lowest BCUT2D eigenvalue weighted by Gasteiger charge is -2.14. The van der Waals surface area contributed by atoms with Gasteiger partial charge in [-0.15, -0.1) is 0 Å². The molecular weight excluding hydrogens is 332 g/mol. The van der Waals surface area contributed by atoms with Crippen LogP contribution in [0.25, 0.3) is 0 Å². The number of pyridine rings is 1. The smallest absolute Gasteiger partial charge is 0.338 e. The number of carbonyl (C=O) groups is 2. The zero-order chi connectivity index (χ0) is 17.5. The minimum Gasteiger partial charge on any atom is -0.449 e. The van der Waals surface area contributed by atoms with Crippen LogP contribution in [0.1, 0.15) is 22.8 Å². The van der Waals surface area contributed by atoms with Crippen LogP contribution in [0, 0.1) is 0 Å². The highest BCUT2D eigenvalue weighted by Gasteiger charge is 2.20. The summed E-state index contributed by atoms with van der Waals surface area (Å²) in [5.41, 5.74) is 1.55. The molecule has 2 aromatic rings. The van der Waals surface area contributed by atoms with Gasteiger partial charge < -0.3 is 14.8 Å². The first-order chi connectivity index (χ1) is 11.5. The van der Waals surface area contributed by atoms with Gasteiger partial charge in [-0.25, -0.2) is 9.78 Å². The van der Waals surface area contributed by atoms with Crippen molar-refractivity contribution in [3.05, 3.63) is 58.9 Å². The van der Waals surface area contributed by atoms with Crippen LogP contribution in [0.5, 0.6) is 0 Å². The molecular formula is C17H17ClN2O4. The van der Waals surface area contributed by atoms with Crippen molar-refractivity contribution in [2.24, 2.45) is 0 Å². The molecule has 1 N–H and O–H groups in total. The van der Waals surface area contributed by atoms with E-state index >= 15 is 0 Å². The Bertz CT molecular complexity index is 736. The molecule has 1 heterocycles. The molecule has 1 aromatic heterocycles. The van der Waals surface area contributed by atoms with Crippen LogP contribution in [-0.2, 0) is 20.9 Å². The number of esters is 1. The first-order valence-electron chi connectivity index (χ1n) is 7.21. The standard InChI is InChI=1S/C17H17ClN2O4/c1-11(16(21)20-14-7-4-8-19-15(14)18)24-17(22)13-6-3-5-12(9-13)10-23-2/h3-9,11H,10H2,1-2H3,(H,20,21)/t11-/m0/s1. The topological polar surface area (TPSA) is 77.5 Å². The molecule has 7 heteroatoms. The van der Waals surface area contributed by atoms with Crippen LogP contribution >= 0.6 is 11.6 Å². The van der Waals surface area contributed by atoms with Crippen LogP contribution in [-0.4, -0.2) is 30.1 Å². The molecule has 24 heavy (non-hydrogen) atoms. The highest BCUT2D eigenvalue weighted by molar-refractivity contribution is 6.32. The second-order valence-corrected chi connectivity index (χ2v) is 5.37. The molecule has 1 atom stereocenters. The molecule has 1 aromatic carbocycles. The molecule has 6 nitrogen and oxygen atoms in total. The molecule has 0 saturated heterocycles. The summed E-state index contributed by atoms with van der Waals surface area (Å²) in [6.45, 7) is 1.87. The molecule has 2 rings (SSSR count). The Labute approximate surface area is 144 Å². The minimum atomic E-state index is -0.986. The Morgan fingerprint density at radius 2 is 2.08 bits per heavy atom. The van der Waals surface area contributed by atoms with Gasteiger partial charge in [0.15, 0.2) is 11.3 Å². The first-order valence-corrected chi connectivity index (χ1v) is 7.59. The fourth-order valence-corrected chi connectivity index (χ4v) is 2.12. The number of ether oxygens (including phenoxy) is 2. The third kappa shape index (κ3) is 4.78. The van der Waals surface area contributed by atoms with Crippen molar-refractivity contribution >= 4 is 29.2 Å². The van der Waals surface area contributed by atoms with Crippen molar-refractivity contribution in [1.82, 2.24) is 4.98 Å². The van der Waals surface area contributed by atoms with Gasteiger partial charge in [0.05, 0.1) is 17.9 Å². The molecule has 0 fully saturated rings. The summed E-state index contributed by atoms with van der Waals surface area (Å²) in [6, 6.07) is 10.1. The number of aromatic nitrogens is 1. The van der Waals surface area contributed by atoms with E-state index in [-0.39, 0.29) is 5.15 Å². The molecule has 0 unspecified atom stereocenters. The number of halogens is 1. The lowest BCUT2D eigenvalue weighted by Crippen LogP contribution is -2.30. The highest BCUT2D eigenvalue weighted by Crippen LogP contribution is 2.18. The summed E-state index contributed by atoms with van der Waals surface area (Å²) >= 11 is 5.88. The SMILES string of the molecule is COCc1cccc(C(=O)O[C@@H](C)C(=O)Nc2cccnc2Cl)c1. The van der Waals surface area contributed by atoms with Crippen molar-refractivity contribution in [3.8, 4) is 0 Å². The molecule has 0 aliphatic rings. The lowest BCUT2D eigenvalue weighted by atomic mass is 10.1. The van der Waals surface area contributed by atoms with E-state index in [0.717, 1.165) is 5.56 Å². The zero-order valence-electron chi connectivity index (χ0n) is 13.3. The molecule has 1 amide bonds. The van der Waals surface area contributed by atoms with Crippen molar-refractivity contribution in [1.29, 1.82) is 0 Å². The van der Waals surface area contributed by atoms with Gasteiger partial charge in [0.2, 0.25) is 0 Å². The van der Waals surface area contributed by atoms with Crippen LogP contribution in [0.15, 0.2) is 42.6 Å². The van der Waals surface area contributed by atoms with E-state index in [2.05, 4.69) is 10.3 Å². The second-order valence-electron chi connectivity index (χ2n) is 5.01. The number of rotatable bonds is 6. The monoisotopic (exact) mass is 348 g/mol. The van der Waals surface area contributed by atoms with Crippen molar-refractivity contribution in [2.45, 2.75) is 19.6 Å². The van der Waals surface area contributed by atoms with Gasteiger partial charge in [-0.3, -0.25) is 4.79 Å². The van der Waals surface area contributed by atoms with Crippen LogP contribution in [0.2, 0.25) is 5.15 Å². The van der Waals surface area contributed by atoms with Crippen LogP contribution in [0.3, 0.4) is 0 Å². The molecule has 126 valence electrons. The average molecular weight is 349 g/mol. The number of nitrogens with one attached hydrogen (secondary N) is 1. The Kier molecular flexibility index (Phi) is 6.28. The number of benzene rings is 1. The van der Waals surface area contributed by atoms with E-state index in [1.165, 1.54) is 13.1 Å². The predicted molar refractivity (Wildman–Crippen MR) is 89.9 cm³/mol. The van der Waals surface area contributed by atoms with Gasteiger partial charge in [-0.2, -0.15) is 0 Å². The molecule has 0 spiro atoms. The number of carbonyl (C=O) groups excluding carboxylic acids is 2. The normalized spacial score (nSPS) is 11.6. The van der Waals surface area contributed by atoms with Gasteiger partial charge in [0.1, 0.15) is 0 Å². The predicted octanol–water partition coefficient (Wildman–Crippen LogP) is 3.07. The fourth-order valence-electron chi connectivity index (χ4n) is 1.95. The summed E-state index contributed by atoms with van der Waals surface area (Å²) in [4.78, 5) is 28.1. The van der Waals surface area contributed by atoms with E-state index in [9.17, 15) is 9.59 Å². The van der Waals surface area contributed by atoms with E-state index in [1.54, 1.807) is 37.4 Å². The minimum absolute atomic E-state index is 0.164. The largest absolute Gasteiger partial charge is 0.449 e.